The monoisotopic (exact) mass is 401 g/mol. The summed E-state index contributed by atoms with van der Waals surface area (Å²) < 4.78 is 5.23. The van der Waals surface area contributed by atoms with Crippen LogP contribution in [0.5, 0.6) is 5.75 Å². The van der Waals surface area contributed by atoms with E-state index >= 15 is 0 Å². The summed E-state index contributed by atoms with van der Waals surface area (Å²) in [7, 11) is 0. The third-order valence-electron chi connectivity index (χ3n) is 3.92. The summed E-state index contributed by atoms with van der Waals surface area (Å²) in [4.78, 5) is 24.8. The van der Waals surface area contributed by atoms with E-state index < -0.39 is 17.6 Å². The lowest BCUT2D eigenvalue weighted by molar-refractivity contribution is -0.121. The maximum Gasteiger partial charge on any atom is 0.407 e. The molecule has 2 amide bonds. The van der Waals surface area contributed by atoms with Crippen molar-refractivity contribution in [2.24, 2.45) is 0 Å². The highest BCUT2D eigenvalue weighted by atomic mass is 16.6. The molecular formula is C22H31N3O4. The molecule has 0 radical (unpaired) electrons. The van der Waals surface area contributed by atoms with Crippen LogP contribution in [0.25, 0.3) is 0 Å². The third kappa shape index (κ3) is 9.10. The minimum absolute atomic E-state index is 0.0371. The maximum absolute atomic E-state index is 12.8. The molecule has 0 saturated heterocycles. The van der Waals surface area contributed by atoms with Gasteiger partial charge in [-0.3, -0.25) is 4.79 Å². The van der Waals surface area contributed by atoms with Gasteiger partial charge >= 0.3 is 6.09 Å². The van der Waals surface area contributed by atoms with Gasteiger partial charge in [-0.2, -0.15) is 0 Å². The fourth-order valence-electron chi connectivity index (χ4n) is 2.39. The molecule has 0 bridgehead atoms. The van der Waals surface area contributed by atoms with E-state index in [9.17, 15) is 14.7 Å². The predicted molar refractivity (Wildman–Crippen MR) is 114 cm³/mol. The van der Waals surface area contributed by atoms with Crippen LogP contribution in [0.2, 0.25) is 0 Å². The van der Waals surface area contributed by atoms with E-state index in [0.29, 0.717) is 11.3 Å². The van der Waals surface area contributed by atoms with E-state index in [-0.39, 0.29) is 18.2 Å². The molecule has 1 aromatic carbocycles. The summed E-state index contributed by atoms with van der Waals surface area (Å²) >= 11 is 0. The second-order valence-electron chi connectivity index (χ2n) is 7.61. The summed E-state index contributed by atoms with van der Waals surface area (Å²) in [5.41, 5.74) is 1.45. The Bertz CT molecular complexity index is 774. The van der Waals surface area contributed by atoms with Gasteiger partial charge in [-0.25, -0.2) is 4.79 Å². The number of hydrogen-bond acceptors (Lipinski definition) is 5. The number of amides is 2. The largest absolute Gasteiger partial charge is 0.508 e. The van der Waals surface area contributed by atoms with E-state index in [2.05, 4.69) is 10.6 Å². The Balaban J connectivity index is 2.95. The number of carbonyl (C=O) groups is 2. The minimum atomic E-state index is -0.677. The Morgan fingerprint density at radius 3 is 2.34 bits per heavy atom. The van der Waals surface area contributed by atoms with Crippen LogP contribution in [0.15, 0.2) is 47.7 Å². The zero-order valence-electron chi connectivity index (χ0n) is 17.7. The van der Waals surface area contributed by atoms with Gasteiger partial charge in [-0.15, -0.1) is 0 Å². The Morgan fingerprint density at radius 2 is 1.83 bits per heavy atom. The summed E-state index contributed by atoms with van der Waals surface area (Å²) in [6.45, 7) is 9.02. The van der Waals surface area contributed by atoms with Crippen molar-refractivity contribution in [3.63, 3.8) is 0 Å². The highest BCUT2D eigenvalue weighted by Gasteiger charge is 2.23. The van der Waals surface area contributed by atoms with Crippen LogP contribution in [0.4, 0.5) is 4.79 Å². The normalized spacial score (nSPS) is 13.4. The number of allylic oxidation sites excluding steroid dienone is 4. The summed E-state index contributed by atoms with van der Waals surface area (Å²) in [6, 6.07) is 6.26. The van der Waals surface area contributed by atoms with Crippen molar-refractivity contribution in [3.05, 3.63) is 53.3 Å². The zero-order chi connectivity index (χ0) is 22.0. The van der Waals surface area contributed by atoms with Gasteiger partial charge in [0, 0.05) is 18.5 Å². The third-order valence-corrected chi connectivity index (χ3v) is 3.92. The van der Waals surface area contributed by atoms with Gasteiger partial charge in [0.05, 0.1) is 5.92 Å². The number of phenols is 1. The summed E-state index contributed by atoms with van der Waals surface area (Å²) in [5.74, 6) is -0.890. The Hall–Kier alpha value is -3.09. The van der Waals surface area contributed by atoms with Crippen LogP contribution >= 0.6 is 0 Å². The number of nitrogens with one attached hydrogen (secondary N) is 3. The number of ether oxygens (including phenoxy) is 1. The number of carbonyl (C=O) groups excluding carboxylic acids is 2. The van der Waals surface area contributed by atoms with E-state index in [0.717, 1.165) is 12.0 Å². The first-order chi connectivity index (χ1) is 13.6. The fourth-order valence-corrected chi connectivity index (χ4v) is 2.39. The van der Waals surface area contributed by atoms with Crippen molar-refractivity contribution < 1.29 is 19.4 Å². The maximum atomic E-state index is 12.8. The number of alkyl carbamates (subject to hydrolysis) is 1. The standard InChI is InChI=1S/C22H31N3O4/c1-6-16(13-23)8-7-15(2)25-20(27)19(17-9-11-18(26)12-10-17)14-24-21(28)29-22(3,4)5/h7-13,19,23,26H,6,14H2,1-5H3,(H,24,28)(H,25,27)/b15-7+,16-8+,23-13?. The highest BCUT2D eigenvalue weighted by Crippen LogP contribution is 2.19. The number of hydrogen-bond donors (Lipinski definition) is 4. The van der Waals surface area contributed by atoms with Crippen LogP contribution in [0.3, 0.4) is 0 Å². The average molecular weight is 402 g/mol. The lowest BCUT2D eigenvalue weighted by atomic mass is 9.97. The van der Waals surface area contributed by atoms with E-state index in [1.807, 2.05) is 6.92 Å². The van der Waals surface area contributed by atoms with Crippen LogP contribution in [0, 0.1) is 5.41 Å². The molecule has 1 atom stereocenters. The van der Waals surface area contributed by atoms with Crippen LogP contribution < -0.4 is 10.6 Å². The SMILES string of the molecule is CC/C(C=N)=C\C=C(/C)NC(=O)C(CNC(=O)OC(C)(C)C)c1ccc(O)cc1. The van der Waals surface area contributed by atoms with Crippen LogP contribution in [0.1, 0.15) is 52.5 Å². The number of rotatable bonds is 8. The van der Waals surface area contributed by atoms with Gasteiger partial charge < -0.3 is 25.9 Å². The summed E-state index contributed by atoms with van der Waals surface area (Å²) in [6.07, 6.45) is 4.89. The van der Waals surface area contributed by atoms with E-state index in [1.54, 1.807) is 52.0 Å². The van der Waals surface area contributed by atoms with Crippen molar-refractivity contribution in [1.82, 2.24) is 10.6 Å². The summed E-state index contributed by atoms with van der Waals surface area (Å²) in [5, 5.41) is 22.3. The molecule has 0 aliphatic rings. The quantitative estimate of drug-likeness (QED) is 0.389. The average Bonchev–Trinajstić information content (AvgIpc) is 2.62. The first-order valence-corrected chi connectivity index (χ1v) is 9.50. The lowest BCUT2D eigenvalue weighted by Gasteiger charge is -2.22. The van der Waals surface area contributed by atoms with Crippen molar-refractivity contribution in [3.8, 4) is 5.75 Å². The molecule has 4 N–H and O–H groups in total. The van der Waals surface area contributed by atoms with Crippen LogP contribution in [-0.4, -0.2) is 35.5 Å². The van der Waals surface area contributed by atoms with Crippen molar-refractivity contribution in [1.29, 1.82) is 5.41 Å². The fraction of sp³-hybridized carbons (Fsp3) is 0.409. The predicted octanol–water partition coefficient (Wildman–Crippen LogP) is 4.01. The molecule has 0 aliphatic carbocycles. The van der Waals surface area contributed by atoms with Gasteiger partial charge in [0.1, 0.15) is 11.4 Å². The van der Waals surface area contributed by atoms with Gasteiger partial charge in [-0.1, -0.05) is 25.1 Å². The molecule has 7 heteroatoms. The van der Waals surface area contributed by atoms with Gasteiger partial charge in [-0.05, 0) is 63.5 Å². The van der Waals surface area contributed by atoms with Crippen molar-refractivity contribution >= 4 is 18.2 Å². The molecule has 1 unspecified atom stereocenters. The van der Waals surface area contributed by atoms with Gasteiger partial charge in [0.25, 0.3) is 0 Å². The van der Waals surface area contributed by atoms with E-state index in [4.69, 9.17) is 10.1 Å². The molecule has 158 valence electrons. The Kier molecular flexibility index (Phi) is 9.12. The number of aromatic hydroxyl groups is 1. The molecule has 1 rings (SSSR count). The zero-order valence-corrected chi connectivity index (χ0v) is 17.7. The second kappa shape index (κ2) is 11.0. The molecule has 1 aromatic rings. The Labute approximate surface area is 172 Å². The van der Waals surface area contributed by atoms with Crippen molar-refractivity contribution in [2.45, 2.75) is 52.6 Å². The number of benzene rings is 1. The molecule has 0 aliphatic heterocycles. The molecule has 0 aromatic heterocycles. The Morgan fingerprint density at radius 1 is 1.21 bits per heavy atom. The molecule has 0 fully saturated rings. The molecule has 0 spiro atoms. The van der Waals surface area contributed by atoms with Gasteiger partial charge in [0.15, 0.2) is 0 Å². The number of phenolic OH excluding ortho intramolecular Hbond substituents is 1. The molecule has 0 heterocycles. The lowest BCUT2D eigenvalue weighted by Crippen LogP contribution is -2.39. The van der Waals surface area contributed by atoms with Crippen molar-refractivity contribution in [2.75, 3.05) is 6.54 Å². The van der Waals surface area contributed by atoms with Crippen LogP contribution in [-0.2, 0) is 9.53 Å². The minimum Gasteiger partial charge on any atom is -0.508 e. The smallest absolute Gasteiger partial charge is 0.407 e. The first-order valence-electron chi connectivity index (χ1n) is 9.50. The van der Waals surface area contributed by atoms with E-state index in [1.165, 1.54) is 18.3 Å². The highest BCUT2D eigenvalue weighted by molar-refractivity contribution is 5.86. The molecule has 29 heavy (non-hydrogen) atoms. The molecule has 7 nitrogen and oxygen atoms in total. The molecule has 0 saturated carbocycles. The topological polar surface area (TPSA) is 112 Å². The molecular weight excluding hydrogens is 370 g/mol. The first kappa shape index (κ1) is 23.9. The van der Waals surface area contributed by atoms with Gasteiger partial charge in [0.2, 0.25) is 5.91 Å². The second-order valence-corrected chi connectivity index (χ2v) is 7.61.